The van der Waals surface area contributed by atoms with Gasteiger partial charge in [-0.3, -0.25) is 14.4 Å². The van der Waals surface area contributed by atoms with Crippen LogP contribution in [-0.2, 0) is 10.0 Å². The number of anilines is 1. The molecular formula is C20H21FN4O4S2. The first-order chi connectivity index (χ1) is 14.9. The molecule has 0 saturated carbocycles. The van der Waals surface area contributed by atoms with E-state index >= 15 is 0 Å². The monoisotopic (exact) mass is 464 g/mol. The number of halogens is 1. The minimum atomic E-state index is -3.90. The third kappa shape index (κ3) is 4.85. The molecule has 1 amide bonds. The number of aromatic nitrogens is 1. The van der Waals surface area contributed by atoms with Crippen molar-refractivity contribution in [2.75, 3.05) is 44.1 Å². The van der Waals surface area contributed by atoms with Gasteiger partial charge in [0.05, 0.1) is 21.7 Å². The lowest BCUT2D eigenvalue weighted by Crippen LogP contribution is -2.49. The Balaban J connectivity index is 1.49. The van der Waals surface area contributed by atoms with Gasteiger partial charge in [0.1, 0.15) is 5.82 Å². The molecular weight excluding hydrogens is 443 g/mol. The van der Waals surface area contributed by atoms with E-state index in [1.54, 1.807) is 23.1 Å². The van der Waals surface area contributed by atoms with E-state index < -0.39 is 15.8 Å². The summed E-state index contributed by atoms with van der Waals surface area (Å²) < 4.78 is 41.1. The van der Waals surface area contributed by atoms with Crippen LogP contribution in [0.2, 0.25) is 0 Å². The summed E-state index contributed by atoms with van der Waals surface area (Å²) in [5.74, 6) is -0.613. The van der Waals surface area contributed by atoms with Gasteiger partial charge in [-0.2, -0.15) is 0 Å². The number of piperazine rings is 1. The number of amides is 1. The lowest BCUT2D eigenvalue weighted by atomic mass is 10.1. The van der Waals surface area contributed by atoms with Crippen LogP contribution >= 0.6 is 11.3 Å². The summed E-state index contributed by atoms with van der Waals surface area (Å²) in [4.78, 5) is 21.0. The maximum Gasteiger partial charge on any atom is 0.263 e. The first kappa shape index (κ1) is 21.6. The number of benzene rings is 2. The average molecular weight is 465 g/mol. The third-order valence-corrected chi connectivity index (χ3v) is 7.47. The second-order valence-electron chi connectivity index (χ2n) is 7.12. The molecule has 0 aliphatic carbocycles. The molecule has 0 spiro atoms. The lowest BCUT2D eigenvalue weighted by molar-refractivity contribution is 0.0615. The summed E-state index contributed by atoms with van der Waals surface area (Å²) in [5, 5.41) is 9.20. The van der Waals surface area contributed by atoms with Crippen molar-refractivity contribution < 1.29 is 22.7 Å². The van der Waals surface area contributed by atoms with Crippen LogP contribution < -0.4 is 4.72 Å². The van der Waals surface area contributed by atoms with Crippen molar-refractivity contribution in [1.29, 1.82) is 0 Å². The van der Waals surface area contributed by atoms with Gasteiger partial charge in [-0.05, 0) is 42.5 Å². The summed E-state index contributed by atoms with van der Waals surface area (Å²) in [7, 11) is -3.90. The van der Waals surface area contributed by atoms with Gasteiger partial charge < -0.3 is 10.0 Å². The Kier molecular flexibility index (Phi) is 6.19. The van der Waals surface area contributed by atoms with Gasteiger partial charge in [0, 0.05) is 38.3 Å². The third-order valence-electron chi connectivity index (χ3n) is 5.06. The quantitative estimate of drug-likeness (QED) is 0.578. The number of aliphatic hydroxyl groups excluding tert-OH is 1. The van der Waals surface area contributed by atoms with Crippen molar-refractivity contribution in [2.45, 2.75) is 4.90 Å². The molecule has 1 aromatic heterocycles. The molecule has 2 heterocycles. The Morgan fingerprint density at radius 3 is 2.52 bits per heavy atom. The largest absolute Gasteiger partial charge is 0.395 e. The highest BCUT2D eigenvalue weighted by Crippen LogP contribution is 2.29. The van der Waals surface area contributed by atoms with Crippen LogP contribution in [0.4, 0.5) is 9.52 Å². The number of carbonyl (C=O) groups excluding carboxylic acids is 1. The Morgan fingerprint density at radius 2 is 1.84 bits per heavy atom. The van der Waals surface area contributed by atoms with Crippen LogP contribution in [0, 0.1) is 5.82 Å². The molecule has 0 unspecified atom stereocenters. The molecule has 164 valence electrons. The Bertz CT molecular complexity index is 1190. The highest BCUT2D eigenvalue weighted by Gasteiger charge is 2.23. The van der Waals surface area contributed by atoms with Gasteiger partial charge in [-0.25, -0.2) is 17.8 Å². The normalized spacial score (nSPS) is 15.4. The number of nitrogens with one attached hydrogen (secondary N) is 1. The van der Waals surface area contributed by atoms with Crippen molar-refractivity contribution in [1.82, 2.24) is 14.8 Å². The van der Waals surface area contributed by atoms with Crippen LogP contribution in [-0.4, -0.2) is 73.5 Å². The standard InChI is InChI=1S/C20H21FN4O4S2/c21-15-2-4-16(5-3-15)31(28,29)23-20-22-17-6-1-14(13-18(17)30-20)19(27)25-9-7-24(8-10-25)11-12-26/h1-6,13,26H,7-12H2,(H,22,23). The topological polar surface area (TPSA) is 103 Å². The highest BCUT2D eigenvalue weighted by molar-refractivity contribution is 7.93. The summed E-state index contributed by atoms with van der Waals surface area (Å²) in [6, 6.07) is 9.61. The van der Waals surface area contributed by atoms with Crippen LogP contribution in [0.1, 0.15) is 10.4 Å². The molecule has 3 aromatic rings. The number of aliphatic hydroxyl groups is 1. The smallest absolute Gasteiger partial charge is 0.263 e. The fraction of sp³-hybridized carbons (Fsp3) is 0.300. The van der Waals surface area contributed by atoms with E-state index in [4.69, 9.17) is 5.11 Å². The van der Waals surface area contributed by atoms with Crippen LogP contribution in [0.25, 0.3) is 10.2 Å². The molecule has 2 N–H and O–H groups in total. The van der Waals surface area contributed by atoms with E-state index in [1.807, 2.05) is 0 Å². The zero-order valence-corrected chi connectivity index (χ0v) is 18.1. The molecule has 31 heavy (non-hydrogen) atoms. The van der Waals surface area contributed by atoms with E-state index in [1.165, 1.54) is 12.1 Å². The predicted molar refractivity (Wildman–Crippen MR) is 116 cm³/mol. The minimum absolute atomic E-state index is 0.0654. The molecule has 1 saturated heterocycles. The van der Waals surface area contributed by atoms with Crippen molar-refractivity contribution in [3.05, 3.63) is 53.8 Å². The first-order valence-corrected chi connectivity index (χ1v) is 12.0. The molecule has 8 nitrogen and oxygen atoms in total. The zero-order chi connectivity index (χ0) is 22.0. The Morgan fingerprint density at radius 1 is 1.13 bits per heavy atom. The summed E-state index contributed by atoms with van der Waals surface area (Å²) in [5.41, 5.74) is 1.09. The summed E-state index contributed by atoms with van der Waals surface area (Å²) in [6.07, 6.45) is 0. The van der Waals surface area contributed by atoms with Crippen LogP contribution in [0.15, 0.2) is 47.4 Å². The Hall–Kier alpha value is -2.60. The lowest BCUT2D eigenvalue weighted by Gasteiger charge is -2.34. The average Bonchev–Trinajstić information content (AvgIpc) is 3.15. The van der Waals surface area contributed by atoms with E-state index in [9.17, 15) is 17.6 Å². The SMILES string of the molecule is O=C(c1ccc2nc(NS(=O)(=O)c3ccc(F)cc3)sc2c1)N1CCN(CCO)CC1. The number of rotatable bonds is 6. The van der Waals surface area contributed by atoms with Gasteiger partial charge in [0.15, 0.2) is 5.13 Å². The van der Waals surface area contributed by atoms with Gasteiger partial charge in [-0.15, -0.1) is 0 Å². The maximum atomic E-state index is 13.1. The number of fused-ring (bicyclic) bond motifs is 1. The summed E-state index contributed by atoms with van der Waals surface area (Å²) in [6.45, 7) is 3.30. The van der Waals surface area contributed by atoms with E-state index in [0.717, 1.165) is 23.5 Å². The molecule has 11 heteroatoms. The van der Waals surface area contributed by atoms with Crippen LogP contribution in [0.5, 0.6) is 0 Å². The highest BCUT2D eigenvalue weighted by atomic mass is 32.2. The Labute approximate surface area is 183 Å². The van der Waals surface area contributed by atoms with Gasteiger partial charge in [0.25, 0.3) is 15.9 Å². The number of sulfonamides is 1. The fourth-order valence-corrected chi connectivity index (χ4v) is 5.53. The van der Waals surface area contributed by atoms with E-state index in [2.05, 4.69) is 14.6 Å². The zero-order valence-electron chi connectivity index (χ0n) is 16.5. The second-order valence-corrected chi connectivity index (χ2v) is 9.83. The predicted octanol–water partition coefficient (Wildman–Crippen LogP) is 1.99. The van der Waals surface area contributed by atoms with Crippen molar-refractivity contribution in [2.24, 2.45) is 0 Å². The number of β-amino-alcohol motifs (C(OH)–C–C–N with tert-alkyl or cyclic N) is 1. The van der Waals surface area contributed by atoms with Crippen LogP contribution in [0.3, 0.4) is 0 Å². The minimum Gasteiger partial charge on any atom is -0.395 e. The fourth-order valence-electron chi connectivity index (χ4n) is 3.39. The van der Waals surface area contributed by atoms with Crippen molar-refractivity contribution in [3.8, 4) is 0 Å². The first-order valence-electron chi connectivity index (χ1n) is 9.67. The number of thiazole rings is 1. The van der Waals surface area contributed by atoms with Crippen molar-refractivity contribution >= 4 is 42.6 Å². The maximum absolute atomic E-state index is 13.1. The number of hydrogen-bond donors (Lipinski definition) is 2. The molecule has 4 rings (SSSR count). The molecule has 1 aliphatic heterocycles. The number of carbonyl (C=O) groups is 1. The van der Waals surface area contributed by atoms with Gasteiger partial charge >= 0.3 is 0 Å². The van der Waals surface area contributed by atoms with Crippen molar-refractivity contribution in [3.63, 3.8) is 0 Å². The van der Waals surface area contributed by atoms with Gasteiger partial charge in [-0.1, -0.05) is 11.3 Å². The number of hydrogen-bond acceptors (Lipinski definition) is 7. The number of nitrogens with zero attached hydrogens (tertiary/aromatic N) is 3. The summed E-state index contributed by atoms with van der Waals surface area (Å²) >= 11 is 1.12. The van der Waals surface area contributed by atoms with E-state index in [-0.39, 0.29) is 22.5 Å². The van der Waals surface area contributed by atoms with E-state index in [0.29, 0.717) is 48.5 Å². The molecule has 0 bridgehead atoms. The molecule has 1 aliphatic rings. The molecule has 1 fully saturated rings. The molecule has 0 radical (unpaired) electrons. The second kappa shape index (κ2) is 8.87. The molecule has 2 aromatic carbocycles. The van der Waals surface area contributed by atoms with Gasteiger partial charge in [0.2, 0.25) is 0 Å². The molecule has 0 atom stereocenters.